The summed E-state index contributed by atoms with van der Waals surface area (Å²) in [6.45, 7) is 2.17. The lowest BCUT2D eigenvalue weighted by molar-refractivity contribution is 0.269. The third kappa shape index (κ3) is 1.81. The number of rotatable bonds is 3. The summed E-state index contributed by atoms with van der Waals surface area (Å²) in [7, 11) is 0. The topological polar surface area (TPSA) is 74.7 Å². The predicted octanol–water partition coefficient (Wildman–Crippen LogP) is 2.28. The maximum Gasteiger partial charge on any atom is 0.149 e. The van der Waals surface area contributed by atoms with E-state index in [0.717, 1.165) is 6.42 Å². The summed E-state index contributed by atoms with van der Waals surface area (Å²) < 4.78 is 0. The molecule has 0 atom stereocenters. The molecule has 1 heterocycles. The zero-order chi connectivity index (χ0) is 11.6. The average molecular weight is 216 g/mol. The van der Waals surface area contributed by atoms with Gasteiger partial charge in [0, 0.05) is 11.7 Å². The molecular weight excluding hydrogens is 200 g/mol. The predicted molar refractivity (Wildman–Crippen MR) is 63.9 cm³/mol. The molecule has 4 heteroatoms. The van der Waals surface area contributed by atoms with Crippen molar-refractivity contribution >= 4 is 11.5 Å². The smallest absolute Gasteiger partial charge is 0.149 e. The van der Waals surface area contributed by atoms with Crippen LogP contribution in [0.2, 0.25) is 0 Å². The highest BCUT2D eigenvalue weighted by molar-refractivity contribution is 5.64. The van der Waals surface area contributed by atoms with Crippen LogP contribution in [0.25, 0.3) is 0 Å². The van der Waals surface area contributed by atoms with E-state index in [9.17, 15) is 0 Å². The molecule has 1 aliphatic rings. The van der Waals surface area contributed by atoms with Gasteiger partial charge in [0.25, 0.3) is 0 Å². The molecule has 0 aromatic carbocycles. The Morgan fingerprint density at radius 2 is 2.38 bits per heavy atom. The lowest BCUT2D eigenvalue weighted by atomic mass is 9.75. The summed E-state index contributed by atoms with van der Waals surface area (Å²) >= 11 is 0. The molecule has 1 aromatic heterocycles. The maximum atomic E-state index is 8.72. The molecule has 3 N–H and O–H groups in total. The molecule has 4 nitrogen and oxygen atoms in total. The summed E-state index contributed by atoms with van der Waals surface area (Å²) in [5.41, 5.74) is 7.09. The van der Waals surface area contributed by atoms with Crippen molar-refractivity contribution < 1.29 is 0 Å². The lowest BCUT2D eigenvalue weighted by Gasteiger charge is -2.42. The van der Waals surface area contributed by atoms with Gasteiger partial charge < -0.3 is 11.1 Å². The van der Waals surface area contributed by atoms with Crippen LogP contribution in [0, 0.1) is 11.3 Å². The number of aromatic nitrogens is 1. The van der Waals surface area contributed by atoms with E-state index < -0.39 is 0 Å². The number of hydrogen-bond acceptors (Lipinski definition) is 4. The normalized spacial score (nSPS) is 17.2. The van der Waals surface area contributed by atoms with Gasteiger partial charge in [-0.1, -0.05) is 6.92 Å². The van der Waals surface area contributed by atoms with E-state index in [2.05, 4.69) is 17.2 Å². The van der Waals surface area contributed by atoms with Gasteiger partial charge in [0.15, 0.2) is 0 Å². The maximum absolute atomic E-state index is 8.72. The van der Waals surface area contributed by atoms with E-state index in [0.29, 0.717) is 17.1 Å². The molecule has 0 radical (unpaired) electrons. The van der Waals surface area contributed by atoms with Gasteiger partial charge in [-0.3, -0.25) is 0 Å². The van der Waals surface area contributed by atoms with Crippen molar-refractivity contribution in [2.45, 2.75) is 38.1 Å². The number of nitrogens with two attached hydrogens (primary N) is 1. The van der Waals surface area contributed by atoms with E-state index >= 15 is 0 Å². The standard InChI is InChI=1S/C12H16N4/c1-2-12(4-3-5-12)16-11-10(14)6-9(7-13)8-15-11/h6,8H,2-5,14H2,1H3,(H,15,16). The minimum absolute atomic E-state index is 0.176. The van der Waals surface area contributed by atoms with Gasteiger partial charge in [0.2, 0.25) is 0 Å². The fraction of sp³-hybridized carbons (Fsp3) is 0.500. The molecule has 1 aliphatic carbocycles. The quantitative estimate of drug-likeness (QED) is 0.812. The Balaban J connectivity index is 2.19. The molecule has 16 heavy (non-hydrogen) atoms. The first-order valence-electron chi connectivity index (χ1n) is 5.63. The van der Waals surface area contributed by atoms with E-state index in [-0.39, 0.29) is 5.54 Å². The Hall–Kier alpha value is -1.76. The first kappa shape index (κ1) is 10.7. The molecule has 1 saturated carbocycles. The average Bonchev–Trinajstić information content (AvgIpc) is 2.25. The minimum atomic E-state index is 0.176. The molecule has 1 fully saturated rings. The Morgan fingerprint density at radius 3 is 2.81 bits per heavy atom. The van der Waals surface area contributed by atoms with E-state index in [4.69, 9.17) is 11.0 Å². The van der Waals surface area contributed by atoms with Crippen molar-refractivity contribution in [3.05, 3.63) is 17.8 Å². The zero-order valence-electron chi connectivity index (χ0n) is 9.45. The molecule has 2 rings (SSSR count). The van der Waals surface area contributed by atoms with Gasteiger partial charge in [0.05, 0.1) is 11.3 Å². The van der Waals surface area contributed by atoms with Gasteiger partial charge in [-0.15, -0.1) is 0 Å². The molecule has 0 aliphatic heterocycles. The molecule has 84 valence electrons. The molecule has 0 unspecified atom stereocenters. The minimum Gasteiger partial charge on any atom is -0.396 e. The number of nitriles is 1. The summed E-state index contributed by atoms with van der Waals surface area (Å²) in [6.07, 6.45) is 6.24. The Labute approximate surface area is 95.5 Å². The van der Waals surface area contributed by atoms with Gasteiger partial charge in [-0.25, -0.2) is 4.98 Å². The fourth-order valence-electron chi connectivity index (χ4n) is 2.07. The molecule has 0 spiro atoms. The number of nitrogen functional groups attached to an aromatic ring is 1. The first-order chi connectivity index (χ1) is 7.69. The highest BCUT2D eigenvalue weighted by Crippen LogP contribution is 2.38. The van der Waals surface area contributed by atoms with E-state index in [1.54, 1.807) is 12.3 Å². The molecule has 1 aromatic rings. The van der Waals surface area contributed by atoms with Crippen molar-refractivity contribution in [1.29, 1.82) is 5.26 Å². The monoisotopic (exact) mass is 216 g/mol. The second-order valence-electron chi connectivity index (χ2n) is 4.39. The van der Waals surface area contributed by atoms with Crippen LogP contribution in [0.1, 0.15) is 38.2 Å². The second-order valence-corrected chi connectivity index (χ2v) is 4.39. The van der Waals surface area contributed by atoms with E-state index in [1.807, 2.05) is 6.07 Å². The van der Waals surface area contributed by atoms with Crippen molar-refractivity contribution in [2.75, 3.05) is 11.1 Å². The number of nitrogens with zero attached hydrogens (tertiary/aromatic N) is 2. The van der Waals surface area contributed by atoms with Crippen LogP contribution in [0.15, 0.2) is 12.3 Å². The van der Waals surface area contributed by atoms with Crippen LogP contribution in [-0.2, 0) is 0 Å². The summed E-state index contributed by atoms with van der Waals surface area (Å²) in [5, 5.41) is 12.1. The Morgan fingerprint density at radius 1 is 1.62 bits per heavy atom. The van der Waals surface area contributed by atoms with Crippen LogP contribution >= 0.6 is 0 Å². The summed E-state index contributed by atoms with van der Waals surface area (Å²) in [5.74, 6) is 0.709. The highest BCUT2D eigenvalue weighted by atomic mass is 15.1. The number of nitrogens with one attached hydrogen (secondary N) is 1. The second kappa shape index (κ2) is 4.01. The number of hydrogen-bond donors (Lipinski definition) is 2. The van der Waals surface area contributed by atoms with Crippen molar-refractivity contribution in [3.63, 3.8) is 0 Å². The highest BCUT2D eigenvalue weighted by Gasteiger charge is 2.35. The van der Waals surface area contributed by atoms with Crippen LogP contribution in [-0.4, -0.2) is 10.5 Å². The van der Waals surface area contributed by atoms with Gasteiger partial charge >= 0.3 is 0 Å². The molecule has 0 amide bonds. The fourth-order valence-corrected chi connectivity index (χ4v) is 2.07. The van der Waals surface area contributed by atoms with Crippen LogP contribution in [0.4, 0.5) is 11.5 Å². The van der Waals surface area contributed by atoms with Gasteiger partial charge in [0.1, 0.15) is 11.9 Å². The van der Waals surface area contributed by atoms with Crippen LogP contribution in [0.5, 0.6) is 0 Å². The van der Waals surface area contributed by atoms with Crippen LogP contribution in [0.3, 0.4) is 0 Å². The third-order valence-electron chi connectivity index (χ3n) is 3.42. The molecular formula is C12H16N4. The Bertz CT molecular complexity index is 424. The van der Waals surface area contributed by atoms with Crippen LogP contribution < -0.4 is 11.1 Å². The summed E-state index contributed by atoms with van der Waals surface area (Å²) in [6, 6.07) is 3.69. The number of anilines is 2. The van der Waals surface area contributed by atoms with Gasteiger partial charge in [-0.05, 0) is 31.7 Å². The first-order valence-corrected chi connectivity index (χ1v) is 5.63. The summed E-state index contributed by atoms with van der Waals surface area (Å²) in [4.78, 5) is 4.21. The third-order valence-corrected chi connectivity index (χ3v) is 3.42. The number of pyridine rings is 1. The van der Waals surface area contributed by atoms with E-state index in [1.165, 1.54) is 19.3 Å². The van der Waals surface area contributed by atoms with Crippen molar-refractivity contribution in [3.8, 4) is 6.07 Å². The van der Waals surface area contributed by atoms with Crippen molar-refractivity contribution in [1.82, 2.24) is 4.98 Å². The molecule has 0 bridgehead atoms. The largest absolute Gasteiger partial charge is 0.396 e. The lowest BCUT2D eigenvalue weighted by Crippen LogP contribution is -2.44. The van der Waals surface area contributed by atoms with Crippen molar-refractivity contribution in [2.24, 2.45) is 0 Å². The Kier molecular flexibility index (Phi) is 2.69. The molecule has 0 saturated heterocycles. The van der Waals surface area contributed by atoms with Gasteiger partial charge in [-0.2, -0.15) is 5.26 Å². The SMILES string of the molecule is CCC1(Nc2ncc(C#N)cc2N)CCC1. The zero-order valence-corrected chi connectivity index (χ0v) is 9.45.